The van der Waals surface area contributed by atoms with Crippen molar-refractivity contribution >= 4 is 11.3 Å². The largest absolute Gasteiger partial charge is 0.324 e. The molecule has 0 amide bonds. The molecule has 15 heavy (non-hydrogen) atoms. The summed E-state index contributed by atoms with van der Waals surface area (Å²) in [6, 6.07) is 4.31. The van der Waals surface area contributed by atoms with Gasteiger partial charge in [-0.2, -0.15) is 0 Å². The molecule has 0 bridgehead atoms. The monoisotopic (exact) mass is 226 g/mol. The Bertz CT molecular complexity index is 262. The van der Waals surface area contributed by atoms with Gasteiger partial charge in [0.2, 0.25) is 0 Å². The van der Waals surface area contributed by atoms with E-state index in [1.54, 1.807) is 0 Å². The lowest BCUT2D eigenvalue weighted by Gasteiger charge is -2.28. The number of nitrogens with zero attached hydrogens (tertiary/aromatic N) is 1. The summed E-state index contributed by atoms with van der Waals surface area (Å²) in [5.41, 5.74) is 5.93. The van der Waals surface area contributed by atoms with Crippen LogP contribution in [0, 0.1) is 0 Å². The fourth-order valence-corrected chi connectivity index (χ4v) is 2.35. The highest BCUT2D eigenvalue weighted by molar-refractivity contribution is 7.09. The van der Waals surface area contributed by atoms with Crippen LogP contribution in [0.2, 0.25) is 0 Å². The van der Waals surface area contributed by atoms with E-state index in [1.165, 1.54) is 4.88 Å². The van der Waals surface area contributed by atoms with Crippen molar-refractivity contribution in [3.63, 3.8) is 0 Å². The summed E-state index contributed by atoms with van der Waals surface area (Å²) >= 11 is 1.84. The van der Waals surface area contributed by atoms with E-state index in [-0.39, 0.29) is 5.54 Å². The minimum atomic E-state index is -0.0918. The first-order valence-corrected chi connectivity index (χ1v) is 6.43. The van der Waals surface area contributed by atoms with Gasteiger partial charge in [-0.25, -0.2) is 0 Å². The van der Waals surface area contributed by atoms with E-state index in [0.29, 0.717) is 0 Å². The van der Waals surface area contributed by atoms with Gasteiger partial charge in [0.25, 0.3) is 0 Å². The Labute approximate surface area is 97.1 Å². The third-order valence-electron chi connectivity index (χ3n) is 2.33. The number of likely N-dealkylation sites (N-methyl/N-ethyl adjacent to an activating group) is 1. The molecule has 0 aliphatic carbocycles. The van der Waals surface area contributed by atoms with Gasteiger partial charge in [-0.05, 0) is 38.3 Å². The maximum atomic E-state index is 6.02. The molecule has 0 unspecified atom stereocenters. The second-order valence-electron chi connectivity index (χ2n) is 4.69. The zero-order valence-corrected chi connectivity index (χ0v) is 10.8. The average Bonchev–Trinajstić information content (AvgIpc) is 2.62. The fraction of sp³-hybridized carbons (Fsp3) is 0.667. The summed E-state index contributed by atoms with van der Waals surface area (Å²) in [4.78, 5) is 3.88. The summed E-state index contributed by atoms with van der Waals surface area (Å²) < 4.78 is 0. The number of thiophene rings is 1. The van der Waals surface area contributed by atoms with E-state index in [2.05, 4.69) is 43.2 Å². The zero-order valence-electron chi connectivity index (χ0n) is 9.99. The number of hydrogen-bond acceptors (Lipinski definition) is 3. The molecule has 0 radical (unpaired) electrons. The lowest BCUT2D eigenvalue weighted by Crippen LogP contribution is -2.45. The van der Waals surface area contributed by atoms with Crippen molar-refractivity contribution in [2.24, 2.45) is 5.73 Å². The van der Waals surface area contributed by atoms with E-state index < -0.39 is 0 Å². The van der Waals surface area contributed by atoms with Crippen molar-refractivity contribution in [2.75, 3.05) is 19.6 Å². The van der Waals surface area contributed by atoms with Crippen LogP contribution in [0.4, 0.5) is 0 Å². The quantitative estimate of drug-likeness (QED) is 0.807. The topological polar surface area (TPSA) is 29.3 Å². The summed E-state index contributed by atoms with van der Waals surface area (Å²) in [7, 11) is 0. The van der Waals surface area contributed by atoms with Gasteiger partial charge in [0.15, 0.2) is 0 Å². The molecular formula is C12H22N2S. The molecule has 1 rings (SSSR count). The molecule has 0 saturated heterocycles. The van der Waals surface area contributed by atoms with Gasteiger partial charge in [0, 0.05) is 23.5 Å². The van der Waals surface area contributed by atoms with Gasteiger partial charge in [-0.1, -0.05) is 13.0 Å². The Morgan fingerprint density at radius 3 is 2.67 bits per heavy atom. The first-order chi connectivity index (χ1) is 7.01. The minimum Gasteiger partial charge on any atom is -0.324 e. The third-order valence-corrected chi connectivity index (χ3v) is 3.27. The molecular weight excluding hydrogens is 204 g/mol. The van der Waals surface area contributed by atoms with Crippen LogP contribution < -0.4 is 5.73 Å². The first-order valence-electron chi connectivity index (χ1n) is 5.55. The van der Waals surface area contributed by atoms with E-state index >= 15 is 0 Å². The second-order valence-corrected chi connectivity index (χ2v) is 5.72. The third kappa shape index (κ3) is 5.30. The van der Waals surface area contributed by atoms with E-state index in [1.807, 2.05) is 11.3 Å². The van der Waals surface area contributed by atoms with Crippen LogP contribution in [0.3, 0.4) is 0 Å². The van der Waals surface area contributed by atoms with E-state index in [0.717, 1.165) is 26.1 Å². The molecule has 1 aromatic heterocycles. The molecule has 1 heterocycles. The van der Waals surface area contributed by atoms with Crippen LogP contribution in [0.1, 0.15) is 25.6 Å². The van der Waals surface area contributed by atoms with Crippen LogP contribution in [0.5, 0.6) is 0 Å². The van der Waals surface area contributed by atoms with Crippen molar-refractivity contribution in [3.05, 3.63) is 22.4 Å². The molecule has 86 valence electrons. The Kier molecular flexibility index (Phi) is 4.77. The van der Waals surface area contributed by atoms with Crippen molar-refractivity contribution in [1.29, 1.82) is 0 Å². The maximum absolute atomic E-state index is 6.02. The predicted octanol–water partition coefficient (Wildman–Crippen LogP) is 2.35. The van der Waals surface area contributed by atoms with Gasteiger partial charge >= 0.3 is 0 Å². The van der Waals surface area contributed by atoms with E-state index in [9.17, 15) is 0 Å². The standard InChI is InChI=1S/C12H22N2S/c1-4-14(10-12(2,3)13)8-7-11-6-5-9-15-11/h5-6,9H,4,7-8,10,13H2,1-3H3. The highest BCUT2D eigenvalue weighted by Gasteiger charge is 2.15. The van der Waals surface area contributed by atoms with Gasteiger partial charge in [-0.15, -0.1) is 11.3 Å². The van der Waals surface area contributed by atoms with Gasteiger partial charge < -0.3 is 10.6 Å². The minimum absolute atomic E-state index is 0.0918. The summed E-state index contributed by atoms with van der Waals surface area (Å²) in [6.07, 6.45) is 1.14. The molecule has 2 nitrogen and oxygen atoms in total. The van der Waals surface area contributed by atoms with Gasteiger partial charge in [0.05, 0.1) is 0 Å². The summed E-state index contributed by atoms with van der Waals surface area (Å²) in [5.74, 6) is 0. The predicted molar refractivity (Wildman–Crippen MR) is 68.4 cm³/mol. The number of nitrogens with two attached hydrogens (primary N) is 1. The average molecular weight is 226 g/mol. The van der Waals surface area contributed by atoms with Crippen molar-refractivity contribution in [2.45, 2.75) is 32.7 Å². The summed E-state index contributed by atoms with van der Waals surface area (Å²) in [6.45, 7) is 9.51. The van der Waals surface area contributed by atoms with Crippen LogP contribution >= 0.6 is 11.3 Å². The highest BCUT2D eigenvalue weighted by atomic mass is 32.1. The van der Waals surface area contributed by atoms with Gasteiger partial charge in [0.1, 0.15) is 0 Å². The van der Waals surface area contributed by atoms with Crippen molar-refractivity contribution in [3.8, 4) is 0 Å². The Morgan fingerprint density at radius 2 is 2.20 bits per heavy atom. The molecule has 0 fully saturated rings. The SMILES string of the molecule is CCN(CCc1cccs1)CC(C)(C)N. The van der Waals surface area contributed by atoms with Crippen LogP contribution in [-0.4, -0.2) is 30.1 Å². The molecule has 0 spiro atoms. The van der Waals surface area contributed by atoms with E-state index in [4.69, 9.17) is 5.73 Å². The molecule has 0 saturated carbocycles. The molecule has 0 aliphatic rings. The second kappa shape index (κ2) is 5.64. The Hall–Kier alpha value is -0.380. The fourth-order valence-electron chi connectivity index (χ4n) is 1.65. The number of rotatable bonds is 6. The first kappa shape index (κ1) is 12.7. The highest BCUT2D eigenvalue weighted by Crippen LogP contribution is 2.10. The van der Waals surface area contributed by atoms with Crippen LogP contribution in [0.25, 0.3) is 0 Å². The lowest BCUT2D eigenvalue weighted by molar-refractivity contribution is 0.239. The molecule has 0 atom stereocenters. The lowest BCUT2D eigenvalue weighted by atomic mass is 10.1. The molecule has 0 aromatic carbocycles. The van der Waals surface area contributed by atoms with Crippen LogP contribution in [-0.2, 0) is 6.42 Å². The smallest absolute Gasteiger partial charge is 0.0226 e. The van der Waals surface area contributed by atoms with Crippen LogP contribution in [0.15, 0.2) is 17.5 Å². The Balaban J connectivity index is 2.34. The molecule has 2 N–H and O–H groups in total. The van der Waals surface area contributed by atoms with Crippen molar-refractivity contribution < 1.29 is 0 Å². The molecule has 0 aliphatic heterocycles. The Morgan fingerprint density at radius 1 is 1.47 bits per heavy atom. The van der Waals surface area contributed by atoms with Gasteiger partial charge in [-0.3, -0.25) is 0 Å². The maximum Gasteiger partial charge on any atom is 0.0226 e. The molecule has 3 heteroatoms. The normalized spacial score (nSPS) is 12.3. The number of hydrogen-bond donors (Lipinski definition) is 1. The zero-order chi connectivity index (χ0) is 11.3. The summed E-state index contributed by atoms with van der Waals surface area (Å²) in [5, 5.41) is 2.14. The molecule has 1 aromatic rings. The van der Waals surface area contributed by atoms with Crippen molar-refractivity contribution in [1.82, 2.24) is 4.90 Å².